The molecule has 4 heteroatoms. The first kappa shape index (κ1) is 15.9. The highest BCUT2D eigenvalue weighted by Crippen LogP contribution is 1.99. The highest BCUT2D eigenvalue weighted by molar-refractivity contribution is 5.85. The standard InChI is InChI=1S/C13H20N2O.ClH/c1-11(10-14-2)13(16)15-9-8-12-6-4-3-5-7-12;/h3-7,11,14H,8-10H2,1-2H3,(H,15,16);1H. The van der Waals surface area contributed by atoms with E-state index in [-0.39, 0.29) is 24.2 Å². The third kappa shape index (κ3) is 6.29. The van der Waals surface area contributed by atoms with Crippen LogP contribution in [0, 0.1) is 5.92 Å². The van der Waals surface area contributed by atoms with Gasteiger partial charge in [-0.2, -0.15) is 0 Å². The summed E-state index contributed by atoms with van der Waals surface area (Å²) in [4.78, 5) is 11.6. The van der Waals surface area contributed by atoms with Crippen LogP contribution in [-0.4, -0.2) is 26.0 Å². The molecule has 0 heterocycles. The molecule has 1 atom stereocenters. The Bertz CT molecular complexity index is 316. The van der Waals surface area contributed by atoms with Crippen LogP contribution in [0.3, 0.4) is 0 Å². The average Bonchev–Trinajstić information content (AvgIpc) is 2.30. The molecule has 0 spiro atoms. The van der Waals surface area contributed by atoms with Crippen molar-refractivity contribution in [1.29, 1.82) is 0 Å². The van der Waals surface area contributed by atoms with Crippen molar-refractivity contribution in [3.8, 4) is 0 Å². The van der Waals surface area contributed by atoms with Gasteiger partial charge in [-0.05, 0) is 19.0 Å². The fraction of sp³-hybridized carbons (Fsp3) is 0.462. The highest BCUT2D eigenvalue weighted by atomic mass is 35.5. The van der Waals surface area contributed by atoms with Crippen LogP contribution in [-0.2, 0) is 11.2 Å². The molecule has 1 aromatic rings. The van der Waals surface area contributed by atoms with Gasteiger partial charge in [0.15, 0.2) is 0 Å². The Kier molecular flexibility index (Phi) is 8.46. The number of carbonyl (C=O) groups is 1. The maximum absolute atomic E-state index is 11.6. The Morgan fingerprint density at radius 3 is 2.53 bits per heavy atom. The summed E-state index contributed by atoms with van der Waals surface area (Å²) >= 11 is 0. The van der Waals surface area contributed by atoms with Gasteiger partial charge in [0.25, 0.3) is 0 Å². The van der Waals surface area contributed by atoms with Crippen molar-refractivity contribution >= 4 is 18.3 Å². The monoisotopic (exact) mass is 256 g/mol. The third-order valence-electron chi connectivity index (χ3n) is 2.51. The zero-order valence-corrected chi connectivity index (χ0v) is 11.2. The molecule has 0 fully saturated rings. The minimum atomic E-state index is 0. The number of hydrogen-bond donors (Lipinski definition) is 2. The number of nitrogens with one attached hydrogen (secondary N) is 2. The fourth-order valence-electron chi connectivity index (χ4n) is 1.55. The smallest absolute Gasteiger partial charge is 0.224 e. The molecule has 0 bridgehead atoms. The maximum Gasteiger partial charge on any atom is 0.224 e. The van der Waals surface area contributed by atoms with Crippen molar-refractivity contribution in [3.63, 3.8) is 0 Å². The summed E-state index contributed by atoms with van der Waals surface area (Å²) in [6, 6.07) is 10.2. The second-order valence-corrected chi connectivity index (χ2v) is 3.99. The first-order valence-electron chi connectivity index (χ1n) is 5.70. The van der Waals surface area contributed by atoms with Gasteiger partial charge in [0.05, 0.1) is 0 Å². The molecule has 1 unspecified atom stereocenters. The van der Waals surface area contributed by atoms with E-state index in [1.165, 1.54) is 5.56 Å². The van der Waals surface area contributed by atoms with Gasteiger partial charge in [0.1, 0.15) is 0 Å². The summed E-state index contributed by atoms with van der Waals surface area (Å²) < 4.78 is 0. The van der Waals surface area contributed by atoms with Crippen LogP contribution in [0.25, 0.3) is 0 Å². The molecular formula is C13H21ClN2O. The molecule has 2 N–H and O–H groups in total. The molecule has 0 aliphatic carbocycles. The summed E-state index contributed by atoms with van der Waals surface area (Å²) in [6.45, 7) is 3.35. The van der Waals surface area contributed by atoms with E-state index in [1.807, 2.05) is 32.2 Å². The lowest BCUT2D eigenvalue weighted by Crippen LogP contribution is -2.35. The third-order valence-corrected chi connectivity index (χ3v) is 2.51. The Labute approximate surface area is 109 Å². The number of rotatable bonds is 6. The predicted molar refractivity (Wildman–Crippen MR) is 73.5 cm³/mol. The van der Waals surface area contributed by atoms with E-state index in [9.17, 15) is 4.79 Å². The minimum absolute atomic E-state index is 0. The lowest BCUT2D eigenvalue weighted by atomic mass is 10.1. The van der Waals surface area contributed by atoms with E-state index < -0.39 is 0 Å². The van der Waals surface area contributed by atoms with Gasteiger partial charge in [0.2, 0.25) is 5.91 Å². The Balaban J connectivity index is 0.00000256. The van der Waals surface area contributed by atoms with Gasteiger partial charge in [-0.25, -0.2) is 0 Å². The Morgan fingerprint density at radius 1 is 1.29 bits per heavy atom. The Hall–Kier alpha value is -1.06. The lowest BCUT2D eigenvalue weighted by molar-refractivity contribution is -0.124. The first-order chi connectivity index (χ1) is 7.74. The van der Waals surface area contributed by atoms with Gasteiger partial charge in [-0.3, -0.25) is 4.79 Å². The van der Waals surface area contributed by atoms with Crippen LogP contribution in [0.2, 0.25) is 0 Å². The number of benzene rings is 1. The summed E-state index contributed by atoms with van der Waals surface area (Å²) in [7, 11) is 1.85. The molecule has 96 valence electrons. The molecule has 1 aromatic carbocycles. The van der Waals surface area contributed by atoms with Crippen molar-refractivity contribution in [2.45, 2.75) is 13.3 Å². The summed E-state index contributed by atoms with van der Waals surface area (Å²) in [5, 5.41) is 5.93. The van der Waals surface area contributed by atoms with Gasteiger partial charge >= 0.3 is 0 Å². The van der Waals surface area contributed by atoms with E-state index in [2.05, 4.69) is 22.8 Å². The molecule has 1 rings (SSSR count). The zero-order valence-electron chi connectivity index (χ0n) is 10.4. The highest BCUT2D eigenvalue weighted by Gasteiger charge is 2.10. The molecule has 17 heavy (non-hydrogen) atoms. The van der Waals surface area contributed by atoms with Crippen molar-refractivity contribution < 1.29 is 4.79 Å². The van der Waals surface area contributed by atoms with Gasteiger partial charge in [0, 0.05) is 19.0 Å². The molecular weight excluding hydrogens is 236 g/mol. The summed E-state index contributed by atoms with van der Waals surface area (Å²) in [6.07, 6.45) is 0.888. The van der Waals surface area contributed by atoms with Crippen LogP contribution in [0.15, 0.2) is 30.3 Å². The van der Waals surface area contributed by atoms with E-state index in [0.29, 0.717) is 6.54 Å². The molecule has 0 aliphatic rings. The van der Waals surface area contributed by atoms with Crippen LogP contribution in [0.4, 0.5) is 0 Å². The van der Waals surface area contributed by atoms with Crippen LogP contribution in [0.5, 0.6) is 0 Å². The first-order valence-corrected chi connectivity index (χ1v) is 5.70. The zero-order chi connectivity index (χ0) is 11.8. The van der Waals surface area contributed by atoms with Crippen molar-refractivity contribution in [1.82, 2.24) is 10.6 Å². The molecule has 1 amide bonds. The quantitative estimate of drug-likeness (QED) is 0.812. The van der Waals surface area contributed by atoms with E-state index in [0.717, 1.165) is 13.0 Å². The van der Waals surface area contributed by atoms with Crippen LogP contribution < -0.4 is 10.6 Å². The lowest BCUT2D eigenvalue weighted by Gasteiger charge is -2.11. The van der Waals surface area contributed by atoms with Gasteiger partial charge in [-0.1, -0.05) is 37.3 Å². The van der Waals surface area contributed by atoms with Gasteiger partial charge < -0.3 is 10.6 Å². The molecule has 0 saturated carbocycles. The van der Waals surface area contributed by atoms with E-state index in [1.54, 1.807) is 0 Å². The Morgan fingerprint density at radius 2 is 1.94 bits per heavy atom. The largest absolute Gasteiger partial charge is 0.355 e. The molecule has 3 nitrogen and oxygen atoms in total. The van der Waals surface area contributed by atoms with Crippen LogP contribution >= 0.6 is 12.4 Å². The van der Waals surface area contributed by atoms with E-state index >= 15 is 0 Å². The van der Waals surface area contributed by atoms with Gasteiger partial charge in [-0.15, -0.1) is 12.4 Å². The number of carbonyl (C=O) groups excluding carboxylic acids is 1. The number of halogens is 1. The second kappa shape index (κ2) is 9.02. The van der Waals surface area contributed by atoms with Crippen molar-refractivity contribution in [2.24, 2.45) is 5.92 Å². The summed E-state index contributed by atoms with van der Waals surface area (Å²) in [5.41, 5.74) is 1.25. The van der Waals surface area contributed by atoms with Crippen molar-refractivity contribution in [3.05, 3.63) is 35.9 Å². The number of hydrogen-bond acceptors (Lipinski definition) is 2. The molecule has 0 saturated heterocycles. The van der Waals surface area contributed by atoms with E-state index in [4.69, 9.17) is 0 Å². The minimum Gasteiger partial charge on any atom is -0.355 e. The predicted octanol–water partition coefficient (Wildman–Crippen LogP) is 1.62. The second-order valence-electron chi connectivity index (χ2n) is 3.99. The number of amides is 1. The molecule has 0 aliphatic heterocycles. The van der Waals surface area contributed by atoms with Crippen molar-refractivity contribution in [2.75, 3.05) is 20.1 Å². The average molecular weight is 257 g/mol. The normalized spacial score (nSPS) is 11.4. The molecule has 0 aromatic heterocycles. The topological polar surface area (TPSA) is 41.1 Å². The maximum atomic E-state index is 11.6. The molecule has 0 radical (unpaired) electrons. The summed E-state index contributed by atoms with van der Waals surface area (Å²) in [5.74, 6) is 0.144. The van der Waals surface area contributed by atoms with Crippen LogP contribution in [0.1, 0.15) is 12.5 Å². The SMILES string of the molecule is CNCC(C)C(=O)NCCc1ccccc1.Cl. The fourth-order valence-corrected chi connectivity index (χ4v) is 1.55.